The molecule has 0 fully saturated rings. The van der Waals surface area contributed by atoms with Crippen LogP contribution in [0.4, 0.5) is 5.69 Å². The van der Waals surface area contributed by atoms with Crippen LogP contribution in [0.2, 0.25) is 5.02 Å². The van der Waals surface area contributed by atoms with Gasteiger partial charge in [0.1, 0.15) is 0 Å². The molecule has 0 aliphatic heterocycles. The van der Waals surface area contributed by atoms with Gasteiger partial charge in [-0.15, -0.1) is 0 Å². The zero-order valence-corrected chi connectivity index (χ0v) is 12.1. The second kappa shape index (κ2) is 6.59. The van der Waals surface area contributed by atoms with Gasteiger partial charge in [0.05, 0.1) is 6.20 Å². The second-order valence-electron chi connectivity index (χ2n) is 4.69. The first-order valence-corrected chi connectivity index (χ1v) is 6.67. The van der Waals surface area contributed by atoms with E-state index in [1.807, 2.05) is 48.4 Å². The number of hydrogen-bond donors (Lipinski definition) is 1. The summed E-state index contributed by atoms with van der Waals surface area (Å²) in [5.41, 5.74) is 2.33. The number of rotatable bonds is 6. The second-order valence-corrected chi connectivity index (χ2v) is 5.13. The number of aryl methyl sites for hydroxylation is 1. The highest BCUT2D eigenvalue weighted by Gasteiger charge is 2.02. The van der Waals surface area contributed by atoms with Crippen LogP contribution in [0.3, 0.4) is 0 Å². The summed E-state index contributed by atoms with van der Waals surface area (Å²) in [6.45, 7) is 2.78. The Morgan fingerprint density at radius 2 is 2.05 bits per heavy atom. The van der Waals surface area contributed by atoms with Crippen LogP contribution in [0.25, 0.3) is 0 Å². The lowest BCUT2D eigenvalue weighted by Crippen LogP contribution is -2.24. The Labute approximate surface area is 119 Å². The summed E-state index contributed by atoms with van der Waals surface area (Å²) in [4.78, 5) is 2.26. The molecule has 0 amide bonds. The van der Waals surface area contributed by atoms with Crippen molar-refractivity contribution in [2.75, 3.05) is 25.5 Å². The molecule has 102 valence electrons. The summed E-state index contributed by atoms with van der Waals surface area (Å²) in [5, 5.41) is 8.30. The van der Waals surface area contributed by atoms with E-state index in [1.165, 1.54) is 5.56 Å². The summed E-state index contributed by atoms with van der Waals surface area (Å²) in [7, 11) is 4.04. The van der Waals surface area contributed by atoms with E-state index in [2.05, 4.69) is 22.4 Å². The molecule has 19 heavy (non-hydrogen) atoms. The van der Waals surface area contributed by atoms with Gasteiger partial charge in [0.25, 0.3) is 0 Å². The van der Waals surface area contributed by atoms with E-state index in [0.29, 0.717) is 0 Å². The van der Waals surface area contributed by atoms with E-state index in [-0.39, 0.29) is 0 Å². The maximum Gasteiger partial charge on any atom is 0.0534 e. The quantitative estimate of drug-likeness (QED) is 0.882. The first-order chi connectivity index (χ1) is 9.13. The lowest BCUT2D eigenvalue weighted by atomic mass is 10.3. The van der Waals surface area contributed by atoms with Crippen molar-refractivity contribution in [2.45, 2.75) is 6.54 Å². The van der Waals surface area contributed by atoms with Crippen LogP contribution < -0.4 is 5.32 Å². The minimum atomic E-state index is 0.763. The first kappa shape index (κ1) is 13.9. The summed E-state index contributed by atoms with van der Waals surface area (Å²) < 4.78 is 1.83. The summed E-state index contributed by atoms with van der Waals surface area (Å²) >= 11 is 5.84. The van der Waals surface area contributed by atoms with Crippen LogP contribution in [0.5, 0.6) is 0 Å². The molecule has 0 saturated carbocycles. The number of anilines is 1. The highest BCUT2D eigenvalue weighted by molar-refractivity contribution is 6.30. The number of nitrogens with one attached hydrogen (secondary N) is 1. The fourth-order valence-electron chi connectivity index (χ4n) is 1.90. The monoisotopic (exact) mass is 278 g/mol. The molecule has 2 rings (SSSR count). The van der Waals surface area contributed by atoms with Crippen molar-refractivity contribution < 1.29 is 0 Å². The van der Waals surface area contributed by atoms with Gasteiger partial charge in [0.15, 0.2) is 0 Å². The molecular formula is C14H19ClN4. The zero-order chi connectivity index (χ0) is 13.7. The molecule has 0 spiro atoms. The van der Waals surface area contributed by atoms with Crippen LogP contribution in [-0.2, 0) is 13.6 Å². The average Bonchev–Trinajstić information content (AvgIpc) is 2.77. The van der Waals surface area contributed by atoms with Gasteiger partial charge < -0.3 is 10.2 Å². The van der Waals surface area contributed by atoms with Gasteiger partial charge in [0, 0.05) is 49.2 Å². The van der Waals surface area contributed by atoms with E-state index in [1.54, 1.807) is 0 Å². The first-order valence-electron chi connectivity index (χ1n) is 6.29. The summed E-state index contributed by atoms with van der Waals surface area (Å²) in [6, 6.07) is 7.76. The predicted molar refractivity (Wildman–Crippen MR) is 79.5 cm³/mol. The third-order valence-corrected chi connectivity index (χ3v) is 3.13. The van der Waals surface area contributed by atoms with Crippen molar-refractivity contribution in [1.82, 2.24) is 14.7 Å². The van der Waals surface area contributed by atoms with Gasteiger partial charge in [0.2, 0.25) is 0 Å². The predicted octanol–water partition coefficient (Wildman–Crippen LogP) is 2.62. The molecule has 1 N–H and O–H groups in total. The SMILES string of the molecule is CN(CCNc1ccc(Cl)cc1)Cc1cnn(C)c1. The maximum absolute atomic E-state index is 5.84. The minimum absolute atomic E-state index is 0.763. The molecule has 0 atom stereocenters. The van der Waals surface area contributed by atoms with Gasteiger partial charge >= 0.3 is 0 Å². The molecule has 1 aromatic carbocycles. The van der Waals surface area contributed by atoms with Crippen molar-refractivity contribution in [3.05, 3.63) is 47.2 Å². The maximum atomic E-state index is 5.84. The number of likely N-dealkylation sites (N-methyl/N-ethyl adjacent to an activating group) is 1. The Balaban J connectivity index is 1.71. The zero-order valence-electron chi connectivity index (χ0n) is 11.3. The van der Waals surface area contributed by atoms with Crippen molar-refractivity contribution in [2.24, 2.45) is 7.05 Å². The van der Waals surface area contributed by atoms with Crippen molar-refractivity contribution in [1.29, 1.82) is 0 Å². The normalized spacial score (nSPS) is 10.9. The van der Waals surface area contributed by atoms with Gasteiger partial charge in [-0.05, 0) is 31.3 Å². The number of halogens is 1. The van der Waals surface area contributed by atoms with Gasteiger partial charge in [-0.3, -0.25) is 4.68 Å². The van der Waals surface area contributed by atoms with Gasteiger partial charge in [-0.1, -0.05) is 11.6 Å². The standard InChI is InChI=1S/C14H19ClN4/c1-18(10-12-9-17-19(2)11-12)8-7-16-14-5-3-13(15)4-6-14/h3-6,9,11,16H,7-8,10H2,1-2H3. The largest absolute Gasteiger partial charge is 0.384 e. The Morgan fingerprint density at radius 3 is 2.68 bits per heavy atom. The lowest BCUT2D eigenvalue weighted by molar-refractivity contribution is 0.340. The third-order valence-electron chi connectivity index (χ3n) is 2.88. The molecule has 4 nitrogen and oxygen atoms in total. The van der Waals surface area contributed by atoms with Gasteiger partial charge in [-0.25, -0.2) is 0 Å². The molecule has 0 unspecified atom stereocenters. The fraction of sp³-hybridized carbons (Fsp3) is 0.357. The summed E-state index contributed by atoms with van der Waals surface area (Å²) in [5.74, 6) is 0. The third kappa shape index (κ3) is 4.58. The Hall–Kier alpha value is -1.52. The van der Waals surface area contributed by atoms with Crippen LogP contribution in [-0.4, -0.2) is 34.8 Å². The molecule has 0 aliphatic carbocycles. The molecule has 0 bridgehead atoms. The number of benzene rings is 1. The van der Waals surface area contributed by atoms with Crippen LogP contribution >= 0.6 is 11.6 Å². The Kier molecular flexibility index (Phi) is 4.82. The van der Waals surface area contributed by atoms with E-state index >= 15 is 0 Å². The highest BCUT2D eigenvalue weighted by Crippen LogP contribution is 2.13. The Bertz CT molecular complexity index is 506. The molecule has 5 heteroatoms. The molecule has 2 aromatic rings. The molecular weight excluding hydrogens is 260 g/mol. The molecule has 0 radical (unpaired) electrons. The van der Waals surface area contributed by atoms with Crippen molar-refractivity contribution in [3.63, 3.8) is 0 Å². The minimum Gasteiger partial charge on any atom is -0.384 e. The highest BCUT2D eigenvalue weighted by atomic mass is 35.5. The average molecular weight is 279 g/mol. The lowest BCUT2D eigenvalue weighted by Gasteiger charge is -2.16. The number of nitrogens with zero attached hydrogens (tertiary/aromatic N) is 3. The Morgan fingerprint density at radius 1 is 1.32 bits per heavy atom. The van der Waals surface area contributed by atoms with Gasteiger partial charge in [-0.2, -0.15) is 5.10 Å². The topological polar surface area (TPSA) is 33.1 Å². The molecule has 0 saturated heterocycles. The van der Waals surface area contributed by atoms with E-state index < -0.39 is 0 Å². The van der Waals surface area contributed by atoms with E-state index in [4.69, 9.17) is 11.6 Å². The van der Waals surface area contributed by atoms with E-state index in [0.717, 1.165) is 30.3 Å². The van der Waals surface area contributed by atoms with Crippen LogP contribution in [0.15, 0.2) is 36.7 Å². The van der Waals surface area contributed by atoms with Crippen LogP contribution in [0, 0.1) is 0 Å². The van der Waals surface area contributed by atoms with Crippen LogP contribution in [0.1, 0.15) is 5.56 Å². The molecule has 1 heterocycles. The summed E-state index contributed by atoms with van der Waals surface area (Å²) in [6.07, 6.45) is 3.95. The van der Waals surface area contributed by atoms with Crippen molar-refractivity contribution in [3.8, 4) is 0 Å². The fourth-order valence-corrected chi connectivity index (χ4v) is 2.03. The number of hydrogen-bond acceptors (Lipinski definition) is 3. The molecule has 0 aliphatic rings. The van der Waals surface area contributed by atoms with Crippen molar-refractivity contribution >= 4 is 17.3 Å². The van der Waals surface area contributed by atoms with E-state index in [9.17, 15) is 0 Å². The smallest absolute Gasteiger partial charge is 0.0534 e. The molecule has 1 aromatic heterocycles. The number of aromatic nitrogens is 2.